The van der Waals surface area contributed by atoms with E-state index >= 15 is 0 Å². The maximum Gasteiger partial charge on any atom is 0.251 e. The second-order valence-corrected chi connectivity index (χ2v) is 6.27. The first-order chi connectivity index (χ1) is 13.2. The molecule has 2 heterocycles. The highest BCUT2D eigenvalue weighted by molar-refractivity contribution is 5.97. The van der Waals surface area contributed by atoms with Gasteiger partial charge in [0.05, 0.1) is 12.1 Å². The standard InChI is InChI=1S/C22H17FN2O2/c23-18-5-1-3-15(11-18)12-19-7-8-20(27-19)14-25-22(26)17-6-9-21-16(13-17)4-2-10-24-21/h1-11,13H,12,14H2,(H,25,26). The highest BCUT2D eigenvalue weighted by atomic mass is 19.1. The number of hydrogen-bond donors (Lipinski definition) is 1. The lowest BCUT2D eigenvalue weighted by molar-refractivity contribution is 0.0948. The topological polar surface area (TPSA) is 55.1 Å². The Labute approximate surface area is 155 Å². The molecule has 0 aliphatic carbocycles. The number of benzene rings is 2. The maximum absolute atomic E-state index is 13.3. The van der Waals surface area contributed by atoms with E-state index in [9.17, 15) is 9.18 Å². The lowest BCUT2D eigenvalue weighted by Gasteiger charge is -2.05. The summed E-state index contributed by atoms with van der Waals surface area (Å²) in [6, 6.07) is 19.2. The van der Waals surface area contributed by atoms with Crippen LogP contribution in [0.15, 0.2) is 77.3 Å². The van der Waals surface area contributed by atoms with E-state index in [4.69, 9.17) is 4.42 Å². The van der Waals surface area contributed by atoms with Gasteiger partial charge in [0.2, 0.25) is 0 Å². The smallest absolute Gasteiger partial charge is 0.251 e. The van der Waals surface area contributed by atoms with Gasteiger partial charge in [-0.1, -0.05) is 18.2 Å². The van der Waals surface area contributed by atoms with Gasteiger partial charge in [-0.3, -0.25) is 9.78 Å². The van der Waals surface area contributed by atoms with Gasteiger partial charge >= 0.3 is 0 Å². The third-order valence-corrected chi connectivity index (χ3v) is 4.27. The Balaban J connectivity index is 1.39. The first-order valence-corrected chi connectivity index (χ1v) is 8.62. The summed E-state index contributed by atoms with van der Waals surface area (Å²) in [6.07, 6.45) is 2.23. The van der Waals surface area contributed by atoms with Crippen LogP contribution in [0.1, 0.15) is 27.4 Å². The fourth-order valence-corrected chi connectivity index (χ4v) is 2.95. The number of aromatic nitrogens is 1. The molecule has 0 fully saturated rings. The summed E-state index contributed by atoms with van der Waals surface area (Å²) in [5.41, 5.74) is 2.26. The highest BCUT2D eigenvalue weighted by Crippen LogP contribution is 2.16. The van der Waals surface area contributed by atoms with Crippen molar-refractivity contribution in [2.75, 3.05) is 0 Å². The molecule has 0 unspecified atom stereocenters. The fraction of sp³-hybridized carbons (Fsp3) is 0.0909. The summed E-state index contributed by atoms with van der Waals surface area (Å²) in [7, 11) is 0. The SMILES string of the molecule is O=C(NCc1ccc(Cc2cccc(F)c2)o1)c1ccc2ncccc2c1. The molecule has 2 aromatic heterocycles. The summed E-state index contributed by atoms with van der Waals surface area (Å²) in [4.78, 5) is 16.6. The number of furan rings is 1. The fourth-order valence-electron chi connectivity index (χ4n) is 2.95. The Kier molecular flexibility index (Phi) is 4.66. The minimum absolute atomic E-state index is 0.177. The van der Waals surface area contributed by atoms with Gasteiger partial charge in [0.15, 0.2) is 0 Å². The third-order valence-electron chi connectivity index (χ3n) is 4.27. The molecule has 1 N–H and O–H groups in total. The van der Waals surface area contributed by atoms with Crippen molar-refractivity contribution in [1.29, 1.82) is 0 Å². The summed E-state index contributed by atoms with van der Waals surface area (Å²) >= 11 is 0. The lowest BCUT2D eigenvalue weighted by Crippen LogP contribution is -2.22. The Morgan fingerprint density at radius 1 is 1.00 bits per heavy atom. The number of fused-ring (bicyclic) bond motifs is 1. The molecule has 0 saturated heterocycles. The quantitative estimate of drug-likeness (QED) is 0.571. The van der Waals surface area contributed by atoms with Crippen molar-refractivity contribution >= 4 is 16.8 Å². The van der Waals surface area contributed by atoms with Crippen LogP contribution in [0.5, 0.6) is 0 Å². The van der Waals surface area contributed by atoms with E-state index in [1.165, 1.54) is 12.1 Å². The number of rotatable bonds is 5. The number of hydrogen-bond acceptors (Lipinski definition) is 3. The molecule has 1 amide bonds. The van der Waals surface area contributed by atoms with Crippen LogP contribution in [0.2, 0.25) is 0 Å². The van der Waals surface area contributed by atoms with E-state index in [0.717, 1.165) is 22.2 Å². The number of carbonyl (C=O) groups excluding carboxylic acids is 1. The Hall–Kier alpha value is -3.47. The summed E-state index contributed by atoms with van der Waals surface area (Å²) in [5, 5.41) is 3.77. The molecule has 0 aliphatic rings. The van der Waals surface area contributed by atoms with Crippen LogP contribution in [0.25, 0.3) is 10.9 Å². The zero-order chi connectivity index (χ0) is 18.6. The lowest BCUT2D eigenvalue weighted by atomic mass is 10.1. The van der Waals surface area contributed by atoms with Crippen LogP contribution < -0.4 is 5.32 Å². The predicted molar refractivity (Wildman–Crippen MR) is 101 cm³/mol. The average molecular weight is 360 g/mol. The van der Waals surface area contributed by atoms with Gasteiger partial charge in [-0.15, -0.1) is 0 Å². The molecule has 4 aromatic rings. The van der Waals surface area contributed by atoms with Crippen LogP contribution in [-0.4, -0.2) is 10.9 Å². The van der Waals surface area contributed by atoms with E-state index < -0.39 is 0 Å². The first kappa shape index (κ1) is 17.0. The molecular formula is C22H17FN2O2. The van der Waals surface area contributed by atoms with E-state index in [-0.39, 0.29) is 18.3 Å². The molecular weight excluding hydrogens is 343 g/mol. The normalized spacial score (nSPS) is 10.9. The van der Waals surface area contributed by atoms with Gasteiger partial charge in [0.25, 0.3) is 5.91 Å². The summed E-state index contributed by atoms with van der Waals surface area (Å²) in [5.74, 6) is 0.930. The Bertz CT molecular complexity index is 1100. The molecule has 0 radical (unpaired) electrons. The van der Waals surface area contributed by atoms with Crippen molar-refractivity contribution in [2.24, 2.45) is 0 Å². The minimum Gasteiger partial charge on any atom is -0.464 e. The van der Waals surface area contributed by atoms with E-state index in [1.807, 2.05) is 42.5 Å². The van der Waals surface area contributed by atoms with Crippen LogP contribution in [-0.2, 0) is 13.0 Å². The molecule has 134 valence electrons. The van der Waals surface area contributed by atoms with Gasteiger partial charge < -0.3 is 9.73 Å². The predicted octanol–water partition coefficient (Wildman–Crippen LogP) is 4.49. The van der Waals surface area contributed by atoms with Crippen LogP contribution in [0.4, 0.5) is 4.39 Å². The molecule has 5 heteroatoms. The summed E-state index contributed by atoms with van der Waals surface area (Å²) < 4.78 is 19.0. The van der Waals surface area contributed by atoms with Gasteiger partial charge in [0.1, 0.15) is 17.3 Å². The number of nitrogens with one attached hydrogen (secondary N) is 1. The molecule has 0 bridgehead atoms. The number of pyridine rings is 1. The molecule has 4 rings (SSSR count). The van der Waals surface area contributed by atoms with Crippen molar-refractivity contribution in [2.45, 2.75) is 13.0 Å². The Morgan fingerprint density at radius 2 is 1.89 bits per heavy atom. The second kappa shape index (κ2) is 7.41. The zero-order valence-electron chi connectivity index (χ0n) is 14.5. The van der Waals surface area contributed by atoms with Crippen molar-refractivity contribution in [3.8, 4) is 0 Å². The van der Waals surface area contributed by atoms with Gasteiger partial charge in [-0.05, 0) is 54.1 Å². The van der Waals surface area contributed by atoms with Crippen molar-refractivity contribution in [1.82, 2.24) is 10.3 Å². The van der Waals surface area contributed by atoms with Gasteiger partial charge in [-0.25, -0.2) is 4.39 Å². The average Bonchev–Trinajstić information content (AvgIpc) is 3.13. The van der Waals surface area contributed by atoms with Gasteiger partial charge in [0, 0.05) is 23.6 Å². The Morgan fingerprint density at radius 3 is 2.78 bits per heavy atom. The first-order valence-electron chi connectivity index (χ1n) is 8.62. The molecule has 27 heavy (non-hydrogen) atoms. The third kappa shape index (κ3) is 4.03. The van der Waals surface area contributed by atoms with Crippen LogP contribution >= 0.6 is 0 Å². The molecule has 0 spiro atoms. The molecule has 4 nitrogen and oxygen atoms in total. The number of nitrogens with zero attached hydrogens (tertiary/aromatic N) is 1. The van der Waals surface area contributed by atoms with Crippen molar-refractivity contribution < 1.29 is 13.6 Å². The number of amides is 1. The number of carbonyl (C=O) groups is 1. The van der Waals surface area contributed by atoms with Crippen LogP contribution in [0, 0.1) is 5.82 Å². The van der Waals surface area contributed by atoms with E-state index in [0.29, 0.717) is 17.7 Å². The maximum atomic E-state index is 13.3. The molecule has 0 saturated carbocycles. The van der Waals surface area contributed by atoms with Crippen molar-refractivity contribution in [3.63, 3.8) is 0 Å². The van der Waals surface area contributed by atoms with Crippen molar-refractivity contribution in [3.05, 3.63) is 101 Å². The second-order valence-electron chi connectivity index (χ2n) is 6.27. The van der Waals surface area contributed by atoms with E-state index in [1.54, 1.807) is 18.3 Å². The van der Waals surface area contributed by atoms with E-state index in [2.05, 4.69) is 10.3 Å². The minimum atomic E-state index is -0.267. The van der Waals surface area contributed by atoms with Crippen LogP contribution in [0.3, 0.4) is 0 Å². The number of halogens is 1. The summed E-state index contributed by atoms with van der Waals surface area (Å²) in [6.45, 7) is 0.285. The molecule has 0 aliphatic heterocycles. The molecule has 0 atom stereocenters. The zero-order valence-corrected chi connectivity index (χ0v) is 14.5. The van der Waals surface area contributed by atoms with Gasteiger partial charge in [-0.2, -0.15) is 0 Å². The highest BCUT2D eigenvalue weighted by Gasteiger charge is 2.09. The largest absolute Gasteiger partial charge is 0.464 e. The molecule has 2 aromatic carbocycles. The monoisotopic (exact) mass is 360 g/mol.